The van der Waals surface area contributed by atoms with Gasteiger partial charge in [0.05, 0.1) is 6.61 Å². The van der Waals surface area contributed by atoms with E-state index in [-0.39, 0.29) is 0 Å². The maximum Gasteiger partial charge on any atom is 0.119 e. The quantitative estimate of drug-likeness (QED) is 0.778. The van der Waals surface area contributed by atoms with Gasteiger partial charge < -0.3 is 4.74 Å². The molecule has 0 unspecified atom stereocenters. The van der Waals surface area contributed by atoms with E-state index in [4.69, 9.17) is 4.74 Å². The van der Waals surface area contributed by atoms with Crippen molar-refractivity contribution in [3.8, 4) is 5.75 Å². The van der Waals surface area contributed by atoms with Gasteiger partial charge in [-0.3, -0.25) is 4.98 Å². The van der Waals surface area contributed by atoms with E-state index < -0.39 is 0 Å². The first-order valence-corrected chi connectivity index (χ1v) is 5.43. The van der Waals surface area contributed by atoms with Crippen LogP contribution in [0.2, 0.25) is 0 Å². The predicted molar refractivity (Wildman–Crippen MR) is 64.6 cm³/mol. The van der Waals surface area contributed by atoms with Gasteiger partial charge in [0.25, 0.3) is 0 Å². The van der Waals surface area contributed by atoms with E-state index in [0.29, 0.717) is 6.61 Å². The lowest BCUT2D eigenvalue weighted by Crippen LogP contribution is -2.01. The Bertz CT molecular complexity index is 422. The van der Waals surface area contributed by atoms with E-state index in [2.05, 4.69) is 24.0 Å². The first kappa shape index (κ1) is 10.7. The van der Waals surface area contributed by atoms with E-state index >= 15 is 0 Å². The molecule has 0 spiro atoms. The topological polar surface area (TPSA) is 22.1 Å². The van der Waals surface area contributed by atoms with Crippen molar-refractivity contribution in [2.45, 2.75) is 13.3 Å². The molecule has 0 saturated heterocycles. The number of nitrogens with zero attached hydrogens (tertiary/aromatic N) is 1. The van der Waals surface area contributed by atoms with Crippen molar-refractivity contribution in [2.24, 2.45) is 0 Å². The van der Waals surface area contributed by atoms with Crippen molar-refractivity contribution >= 4 is 0 Å². The SMILES string of the molecule is Cc1ccc(OCCc2ccncc2)cc1. The Morgan fingerprint density at radius 1 is 1.00 bits per heavy atom. The summed E-state index contributed by atoms with van der Waals surface area (Å²) in [6.07, 6.45) is 4.53. The second-order valence-corrected chi connectivity index (χ2v) is 3.77. The summed E-state index contributed by atoms with van der Waals surface area (Å²) in [6.45, 7) is 2.77. The molecule has 16 heavy (non-hydrogen) atoms. The summed E-state index contributed by atoms with van der Waals surface area (Å²) in [4.78, 5) is 3.98. The van der Waals surface area contributed by atoms with E-state index in [0.717, 1.165) is 12.2 Å². The summed E-state index contributed by atoms with van der Waals surface area (Å²) in [5, 5.41) is 0. The summed E-state index contributed by atoms with van der Waals surface area (Å²) in [5.74, 6) is 0.930. The lowest BCUT2D eigenvalue weighted by molar-refractivity contribution is 0.322. The monoisotopic (exact) mass is 213 g/mol. The molecule has 1 aromatic carbocycles. The Kier molecular flexibility index (Phi) is 3.54. The third-order valence-corrected chi connectivity index (χ3v) is 2.43. The molecular weight excluding hydrogens is 198 g/mol. The van der Waals surface area contributed by atoms with Crippen molar-refractivity contribution in [3.63, 3.8) is 0 Å². The predicted octanol–water partition coefficient (Wildman–Crippen LogP) is 3.01. The molecule has 0 atom stereocenters. The zero-order valence-electron chi connectivity index (χ0n) is 9.39. The minimum atomic E-state index is 0.701. The molecule has 0 bridgehead atoms. The van der Waals surface area contributed by atoms with Crippen LogP contribution < -0.4 is 4.74 Å². The molecule has 1 aromatic heterocycles. The highest BCUT2D eigenvalue weighted by Crippen LogP contribution is 2.11. The normalized spacial score (nSPS) is 10.1. The van der Waals surface area contributed by atoms with Gasteiger partial charge in [-0.25, -0.2) is 0 Å². The van der Waals surface area contributed by atoms with Gasteiger partial charge in [-0.1, -0.05) is 17.7 Å². The Balaban J connectivity index is 1.82. The molecule has 2 rings (SSSR count). The number of aryl methyl sites for hydroxylation is 1. The fourth-order valence-electron chi connectivity index (χ4n) is 1.47. The summed E-state index contributed by atoms with van der Waals surface area (Å²) in [5.41, 5.74) is 2.50. The van der Waals surface area contributed by atoms with Crippen LogP contribution in [0.3, 0.4) is 0 Å². The van der Waals surface area contributed by atoms with Crippen molar-refractivity contribution < 1.29 is 4.74 Å². The molecule has 0 aliphatic carbocycles. The van der Waals surface area contributed by atoms with Gasteiger partial charge in [-0.15, -0.1) is 0 Å². The van der Waals surface area contributed by atoms with Gasteiger partial charge in [0.2, 0.25) is 0 Å². The third-order valence-electron chi connectivity index (χ3n) is 2.43. The van der Waals surface area contributed by atoms with Crippen LogP contribution in [0.4, 0.5) is 0 Å². The lowest BCUT2D eigenvalue weighted by Gasteiger charge is -2.06. The van der Waals surface area contributed by atoms with Crippen LogP contribution in [0.15, 0.2) is 48.8 Å². The first-order valence-electron chi connectivity index (χ1n) is 5.43. The number of hydrogen-bond donors (Lipinski definition) is 0. The zero-order chi connectivity index (χ0) is 11.2. The summed E-state index contributed by atoms with van der Waals surface area (Å²) in [6, 6.07) is 12.1. The number of rotatable bonds is 4. The van der Waals surface area contributed by atoms with Gasteiger partial charge in [-0.05, 0) is 36.8 Å². The van der Waals surface area contributed by atoms with Gasteiger partial charge in [0.1, 0.15) is 5.75 Å². The maximum atomic E-state index is 5.64. The van der Waals surface area contributed by atoms with E-state index in [1.54, 1.807) is 12.4 Å². The average molecular weight is 213 g/mol. The molecule has 1 heterocycles. The molecule has 0 aliphatic heterocycles. The Hall–Kier alpha value is -1.83. The minimum absolute atomic E-state index is 0.701. The zero-order valence-corrected chi connectivity index (χ0v) is 9.39. The van der Waals surface area contributed by atoms with E-state index in [1.807, 2.05) is 24.3 Å². The fourth-order valence-corrected chi connectivity index (χ4v) is 1.47. The van der Waals surface area contributed by atoms with Crippen LogP contribution in [-0.4, -0.2) is 11.6 Å². The second kappa shape index (κ2) is 5.31. The summed E-state index contributed by atoms with van der Waals surface area (Å²) >= 11 is 0. The fraction of sp³-hybridized carbons (Fsp3) is 0.214. The Morgan fingerprint density at radius 3 is 2.38 bits per heavy atom. The van der Waals surface area contributed by atoms with Gasteiger partial charge >= 0.3 is 0 Å². The maximum absolute atomic E-state index is 5.64. The van der Waals surface area contributed by atoms with E-state index in [9.17, 15) is 0 Å². The Labute approximate surface area is 95.9 Å². The highest BCUT2D eigenvalue weighted by molar-refractivity contribution is 5.26. The molecule has 2 aromatic rings. The van der Waals surface area contributed by atoms with Crippen molar-refractivity contribution in [3.05, 3.63) is 59.9 Å². The average Bonchev–Trinajstić information content (AvgIpc) is 2.33. The number of hydrogen-bond acceptors (Lipinski definition) is 2. The molecule has 0 saturated carbocycles. The first-order chi connectivity index (χ1) is 7.84. The molecule has 0 aliphatic rings. The molecule has 0 fully saturated rings. The molecule has 2 heteroatoms. The van der Waals surface area contributed by atoms with Gasteiger partial charge in [0.15, 0.2) is 0 Å². The minimum Gasteiger partial charge on any atom is -0.493 e. The van der Waals surface area contributed by atoms with Crippen LogP contribution in [0.1, 0.15) is 11.1 Å². The van der Waals surface area contributed by atoms with Crippen molar-refractivity contribution in [1.29, 1.82) is 0 Å². The molecule has 0 radical (unpaired) electrons. The molecule has 0 amide bonds. The van der Waals surface area contributed by atoms with Gasteiger partial charge in [-0.2, -0.15) is 0 Å². The number of pyridine rings is 1. The van der Waals surface area contributed by atoms with E-state index in [1.165, 1.54) is 11.1 Å². The lowest BCUT2D eigenvalue weighted by atomic mass is 10.2. The Morgan fingerprint density at radius 2 is 1.69 bits per heavy atom. The molecular formula is C14H15NO. The van der Waals surface area contributed by atoms with Crippen LogP contribution in [0.25, 0.3) is 0 Å². The van der Waals surface area contributed by atoms with Crippen LogP contribution in [0.5, 0.6) is 5.75 Å². The summed E-state index contributed by atoms with van der Waals surface area (Å²) < 4.78 is 5.64. The standard InChI is InChI=1S/C14H15NO/c1-12-2-4-14(5-3-12)16-11-8-13-6-9-15-10-7-13/h2-7,9-10H,8,11H2,1H3. The molecule has 82 valence electrons. The van der Waals surface area contributed by atoms with Gasteiger partial charge in [0, 0.05) is 18.8 Å². The largest absolute Gasteiger partial charge is 0.493 e. The number of ether oxygens (including phenoxy) is 1. The number of benzene rings is 1. The smallest absolute Gasteiger partial charge is 0.119 e. The highest BCUT2D eigenvalue weighted by Gasteiger charge is 1.94. The summed E-state index contributed by atoms with van der Waals surface area (Å²) in [7, 11) is 0. The third kappa shape index (κ3) is 3.09. The van der Waals surface area contributed by atoms with Crippen LogP contribution >= 0.6 is 0 Å². The second-order valence-electron chi connectivity index (χ2n) is 3.77. The highest BCUT2D eigenvalue weighted by atomic mass is 16.5. The van der Waals surface area contributed by atoms with Crippen molar-refractivity contribution in [2.75, 3.05) is 6.61 Å². The van der Waals surface area contributed by atoms with Crippen LogP contribution in [0, 0.1) is 6.92 Å². The van der Waals surface area contributed by atoms with Crippen LogP contribution in [-0.2, 0) is 6.42 Å². The van der Waals surface area contributed by atoms with Crippen molar-refractivity contribution in [1.82, 2.24) is 4.98 Å². The molecule has 2 nitrogen and oxygen atoms in total. The molecule has 0 N–H and O–H groups in total. The number of aromatic nitrogens is 1.